The van der Waals surface area contributed by atoms with Crippen LogP contribution in [-0.4, -0.2) is 46.6 Å². The molecule has 0 fully saturated rings. The smallest absolute Gasteiger partial charge is 0.188 e. The highest BCUT2D eigenvalue weighted by atomic mass is 35.5. The lowest BCUT2D eigenvalue weighted by molar-refractivity contribution is 0.415. The highest BCUT2D eigenvalue weighted by molar-refractivity contribution is 7.18. The molecule has 0 amide bonds. The summed E-state index contributed by atoms with van der Waals surface area (Å²) in [5.74, 6) is 2.43. The number of hydrogen-bond acceptors (Lipinski definition) is 8. The normalized spacial score (nSPS) is 11.1. The molecule has 0 radical (unpaired) electrons. The maximum atomic E-state index is 6.39. The zero-order valence-electron chi connectivity index (χ0n) is 17.2. The lowest BCUT2D eigenvalue weighted by Gasteiger charge is -2.08. The molecule has 32 heavy (non-hydrogen) atoms. The van der Waals surface area contributed by atoms with Crippen LogP contribution in [0.5, 0.6) is 5.75 Å². The van der Waals surface area contributed by atoms with Gasteiger partial charge in [0.1, 0.15) is 12.3 Å². The molecule has 4 heterocycles. The van der Waals surface area contributed by atoms with E-state index in [4.69, 9.17) is 26.4 Å². The van der Waals surface area contributed by atoms with Gasteiger partial charge in [0.05, 0.1) is 28.4 Å². The first-order valence-electron chi connectivity index (χ1n) is 9.65. The quantitative estimate of drug-likeness (QED) is 0.373. The number of thiazole rings is 1. The van der Waals surface area contributed by atoms with Crippen molar-refractivity contribution in [2.45, 2.75) is 13.5 Å². The van der Waals surface area contributed by atoms with Gasteiger partial charge in [-0.3, -0.25) is 4.68 Å². The highest BCUT2D eigenvalue weighted by Gasteiger charge is 2.21. The number of halogens is 1. The predicted molar refractivity (Wildman–Crippen MR) is 121 cm³/mol. The number of hydrogen-bond donors (Lipinski definition) is 0. The van der Waals surface area contributed by atoms with Gasteiger partial charge in [0.15, 0.2) is 22.5 Å². The standard InChI is InChI=1S/C21H17ClN8OS/c1-13-18(32-21(26-13)19-23-7-3-8-24-19)20-27-17(12-29-10-4-9-25-29)28-30(20)14-5-6-16(31-2)15(22)11-14/h3-11H,12H2,1-2H3. The number of ether oxygens (including phenoxy) is 1. The minimum atomic E-state index is 0.434. The van der Waals surface area contributed by atoms with Crippen molar-refractivity contribution in [1.29, 1.82) is 0 Å². The molecule has 5 rings (SSSR count). The molecular weight excluding hydrogens is 448 g/mol. The minimum Gasteiger partial charge on any atom is -0.495 e. The van der Waals surface area contributed by atoms with Crippen LogP contribution in [0.1, 0.15) is 11.5 Å². The van der Waals surface area contributed by atoms with Crippen LogP contribution in [0, 0.1) is 6.92 Å². The van der Waals surface area contributed by atoms with Gasteiger partial charge in [0.25, 0.3) is 0 Å². The molecule has 160 valence electrons. The third-order valence-electron chi connectivity index (χ3n) is 4.65. The van der Waals surface area contributed by atoms with E-state index in [0.29, 0.717) is 39.8 Å². The zero-order valence-corrected chi connectivity index (χ0v) is 18.7. The number of aromatic nitrogens is 8. The number of rotatable bonds is 6. The molecule has 0 aliphatic rings. The third-order valence-corrected chi connectivity index (χ3v) is 6.10. The topological polar surface area (TPSA) is 96.4 Å². The summed E-state index contributed by atoms with van der Waals surface area (Å²) in [4.78, 5) is 19.0. The van der Waals surface area contributed by atoms with E-state index >= 15 is 0 Å². The van der Waals surface area contributed by atoms with Crippen molar-refractivity contribution in [2.75, 3.05) is 7.11 Å². The van der Waals surface area contributed by atoms with Crippen molar-refractivity contribution in [2.24, 2.45) is 0 Å². The maximum Gasteiger partial charge on any atom is 0.188 e. The fraction of sp³-hybridized carbons (Fsp3) is 0.143. The molecule has 4 aromatic heterocycles. The number of nitrogens with zero attached hydrogens (tertiary/aromatic N) is 8. The van der Waals surface area contributed by atoms with E-state index in [0.717, 1.165) is 16.3 Å². The van der Waals surface area contributed by atoms with Crippen LogP contribution in [-0.2, 0) is 6.54 Å². The Bertz CT molecular complexity index is 1360. The zero-order chi connectivity index (χ0) is 22.1. The second kappa shape index (κ2) is 8.48. The van der Waals surface area contributed by atoms with Crippen molar-refractivity contribution in [3.63, 3.8) is 0 Å². The summed E-state index contributed by atoms with van der Waals surface area (Å²) in [5.41, 5.74) is 1.58. The van der Waals surface area contributed by atoms with Crippen molar-refractivity contribution in [3.8, 4) is 33.0 Å². The molecule has 0 spiro atoms. The Morgan fingerprint density at radius 3 is 2.66 bits per heavy atom. The molecule has 0 aliphatic carbocycles. The average molecular weight is 465 g/mol. The molecule has 11 heteroatoms. The molecule has 0 atom stereocenters. The van der Waals surface area contributed by atoms with E-state index in [9.17, 15) is 0 Å². The summed E-state index contributed by atoms with van der Waals surface area (Å²) in [7, 11) is 1.58. The van der Waals surface area contributed by atoms with Crippen LogP contribution in [0.15, 0.2) is 55.1 Å². The molecule has 0 N–H and O–H groups in total. The van der Waals surface area contributed by atoms with Gasteiger partial charge in [-0.15, -0.1) is 16.4 Å². The summed E-state index contributed by atoms with van der Waals surface area (Å²) in [6.45, 7) is 2.37. The van der Waals surface area contributed by atoms with Crippen LogP contribution in [0.25, 0.3) is 27.2 Å². The second-order valence-corrected chi connectivity index (χ2v) is 8.20. The molecular formula is C21H17ClN8OS. The molecule has 9 nitrogen and oxygen atoms in total. The minimum absolute atomic E-state index is 0.434. The van der Waals surface area contributed by atoms with Crippen LogP contribution in [0.4, 0.5) is 0 Å². The van der Waals surface area contributed by atoms with Crippen LogP contribution in [0.2, 0.25) is 5.02 Å². The largest absolute Gasteiger partial charge is 0.495 e. The Balaban J connectivity index is 1.63. The van der Waals surface area contributed by atoms with Gasteiger partial charge < -0.3 is 4.74 Å². The number of benzene rings is 1. The number of aryl methyl sites for hydroxylation is 1. The summed E-state index contributed by atoms with van der Waals surface area (Å²) in [6.07, 6.45) is 6.99. The van der Waals surface area contributed by atoms with Crippen molar-refractivity contribution in [3.05, 3.63) is 71.7 Å². The van der Waals surface area contributed by atoms with Crippen LogP contribution in [0.3, 0.4) is 0 Å². The van der Waals surface area contributed by atoms with Gasteiger partial charge in [-0.25, -0.2) is 24.6 Å². The van der Waals surface area contributed by atoms with Gasteiger partial charge in [-0.05, 0) is 37.3 Å². The van der Waals surface area contributed by atoms with Crippen molar-refractivity contribution in [1.82, 2.24) is 39.5 Å². The molecule has 0 saturated heterocycles. The summed E-state index contributed by atoms with van der Waals surface area (Å²) >= 11 is 7.86. The van der Waals surface area contributed by atoms with E-state index in [1.807, 2.05) is 25.3 Å². The van der Waals surface area contributed by atoms with E-state index in [-0.39, 0.29) is 0 Å². The second-order valence-electron chi connectivity index (χ2n) is 6.79. The Morgan fingerprint density at radius 1 is 1.09 bits per heavy atom. The Labute approximate surface area is 192 Å². The summed E-state index contributed by atoms with van der Waals surface area (Å²) < 4.78 is 8.82. The summed E-state index contributed by atoms with van der Waals surface area (Å²) in [6, 6.07) is 9.13. The van der Waals surface area contributed by atoms with E-state index in [1.54, 1.807) is 53.3 Å². The molecule has 0 saturated carbocycles. The first-order chi connectivity index (χ1) is 15.6. The van der Waals surface area contributed by atoms with Gasteiger partial charge >= 0.3 is 0 Å². The first kappa shape index (κ1) is 20.3. The molecule has 0 unspecified atom stereocenters. The highest BCUT2D eigenvalue weighted by Crippen LogP contribution is 2.35. The van der Waals surface area contributed by atoms with E-state index in [2.05, 4.69) is 20.1 Å². The maximum absolute atomic E-state index is 6.39. The van der Waals surface area contributed by atoms with E-state index in [1.165, 1.54) is 11.3 Å². The Hall–Kier alpha value is -3.63. The monoisotopic (exact) mass is 464 g/mol. The molecule has 5 aromatic rings. The SMILES string of the molecule is COc1ccc(-n2nc(Cn3cccn3)nc2-c2sc(-c3ncccn3)nc2C)cc1Cl. The number of methoxy groups -OCH3 is 1. The van der Waals surface area contributed by atoms with Gasteiger partial charge in [-0.1, -0.05) is 11.6 Å². The molecule has 0 bridgehead atoms. The fourth-order valence-electron chi connectivity index (χ4n) is 3.18. The third kappa shape index (κ3) is 3.85. The fourth-order valence-corrected chi connectivity index (χ4v) is 4.42. The van der Waals surface area contributed by atoms with E-state index < -0.39 is 0 Å². The van der Waals surface area contributed by atoms with Crippen LogP contribution >= 0.6 is 22.9 Å². The lowest BCUT2D eigenvalue weighted by atomic mass is 10.3. The predicted octanol–water partition coefficient (Wildman–Crippen LogP) is 4.06. The van der Waals surface area contributed by atoms with Gasteiger partial charge in [-0.2, -0.15) is 5.10 Å². The Kier molecular flexibility index (Phi) is 5.38. The molecule has 1 aromatic carbocycles. The van der Waals surface area contributed by atoms with Crippen molar-refractivity contribution >= 4 is 22.9 Å². The van der Waals surface area contributed by atoms with Crippen molar-refractivity contribution < 1.29 is 4.74 Å². The van der Waals surface area contributed by atoms with Gasteiger partial charge in [0.2, 0.25) is 0 Å². The van der Waals surface area contributed by atoms with Gasteiger partial charge in [0, 0.05) is 24.8 Å². The average Bonchev–Trinajstić information content (AvgIpc) is 3.55. The summed E-state index contributed by atoms with van der Waals surface area (Å²) in [5, 5.41) is 10.2. The first-order valence-corrected chi connectivity index (χ1v) is 10.8. The lowest BCUT2D eigenvalue weighted by Crippen LogP contribution is -2.03. The van der Waals surface area contributed by atoms with Crippen LogP contribution < -0.4 is 4.74 Å². The Morgan fingerprint density at radius 2 is 1.94 bits per heavy atom. The molecule has 0 aliphatic heterocycles.